The minimum atomic E-state index is 0.527. The van der Waals surface area contributed by atoms with Crippen LogP contribution in [-0.4, -0.2) is 22.4 Å². The molecule has 0 amide bonds. The lowest BCUT2D eigenvalue weighted by Gasteiger charge is -2.18. The van der Waals surface area contributed by atoms with E-state index in [0.29, 0.717) is 6.04 Å². The van der Waals surface area contributed by atoms with Crippen molar-refractivity contribution in [2.45, 2.75) is 52.1 Å². The molecule has 1 unspecified atom stereocenters. The monoisotopic (exact) mass is 285 g/mol. The zero-order valence-electron chi connectivity index (χ0n) is 13.3. The van der Waals surface area contributed by atoms with E-state index in [1.165, 1.54) is 24.0 Å². The molecule has 0 fully saturated rings. The first-order valence-corrected chi connectivity index (χ1v) is 8.10. The number of hydrogen-bond donors (Lipinski definition) is 1. The summed E-state index contributed by atoms with van der Waals surface area (Å²) in [5.74, 6) is 0. The van der Waals surface area contributed by atoms with E-state index in [1.807, 2.05) is 10.9 Å². The fourth-order valence-corrected chi connectivity index (χ4v) is 2.58. The van der Waals surface area contributed by atoms with Gasteiger partial charge >= 0.3 is 0 Å². The van der Waals surface area contributed by atoms with Crippen molar-refractivity contribution in [3.63, 3.8) is 0 Å². The van der Waals surface area contributed by atoms with Crippen LogP contribution in [0.25, 0.3) is 0 Å². The molecular formula is C18H27N3. The van der Waals surface area contributed by atoms with Gasteiger partial charge in [0.1, 0.15) is 0 Å². The van der Waals surface area contributed by atoms with Gasteiger partial charge in [-0.3, -0.25) is 4.68 Å². The lowest BCUT2D eigenvalue weighted by Crippen LogP contribution is -2.32. The second kappa shape index (κ2) is 8.63. The van der Waals surface area contributed by atoms with Gasteiger partial charge in [-0.25, -0.2) is 0 Å². The van der Waals surface area contributed by atoms with E-state index in [9.17, 15) is 0 Å². The molecule has 3 nitrogen and oxygen atoms in total. The van der Waals surface area contributed by atoms with Crippen LogP contribution in [0, 0.1) is 0 Å². The molecule has 0 aliphatic heterocycles. The molecule has 3 heteroatoms. The Kier molecular flexibility index (Phi) is 6.48. The summed E-state index contributed by atoms with van der Waals surface area (Å²) in [4.78, 5) is 0. The molecule has 0 bridgehead atoms. The van der Waals surface area contributed by atoms with Crippen LogP contribution >= 0.6 is 0 Å². The number of nitrogens with one attached hydrogen (secondary N) is 1. The highest BCUT2D eigenvalue weighted by Gasteiger charge is 2.10. The molecule has 0 saturated carbocycles. The summed E-state index contributed by atoms with van der Waals surface area (Å²) in [7, 11) is 0. The summed E-state index contributed by atoms with van der Waals surface area (Å²) in [5, 5.41) is 8.05. The van der Waals surface area contributed by atoms with E-state index >= 15 is 0 Å². The Bertz CT molecular complexity index is 504. The quantitative estimate of drug-likeness (QED) is 0.765. The summed E-state index contributed by atoms with van der Waals surface area (Å²) < 4.78 is 2.00. The molecule has 1 heterocycles. The van der Waals surface area contributed by atoms with Gasteiger partial charge in [-0.2, -0.15) is 5.10 Å². The lowest BCUT2D eigenvalue weighted by molar-refractivity contribution is 0.477. The van der Waals surface area contributed by atoms with Crippen molar-refractivity contribution in [2.75, 3.05) is 6.54 Å². The van der Waals surface area contributed by atoms with Gasteiger partial charge in [-0.1, -0.05) is 37.3 Å². The highest BCUT2D eigenvalue weighted by molar-refractivity contribution is 5.15. The summed E-state index contributed by atoms with van der Waals surface area (Å²) in [6.07, 6.45) is 8.71. The maximum atomic E-state index is 4.38. The molecule has 0 aliphatic rings. The van der Waals surface area contributed by atoms with Gasteiger partial charge in [0, 0.05) is 18.8 Å². The number of rotatable bonds is 9. The highest BCUT2D eigenvalue weighted by atomic mass is 15.3. The smallest absolute Gasteiger partial charge is 0.0522 e. The molecule has 2 aromatic rings. The molecule has 114 valence electrons. The topological polar surface area (TPSA) is 29.9 Å². The Labute approximate surface area is 128 Å². The van der Waals surface area contributed by atoms with Crippen LogP contribution in [0.15, 0.2) is 42.7 Å². The normalized spacial score (nSPS) is 12.5. The molecule has 0 saturated heterocycles. The Morgan fingerprint density at radius 2 is 1.95 bits per heavy atom. The highest BCUT2D eigenvalue weighted by Crippen LogP contribution is 2.10. The van der Waals surface area contributed by atoms with E-state index in [4.69, 9.17) is 0 Å². The summed E-state index contributed by atoms with van der Waals surface area (Å²) in [6.45, 7) is 6.37. The Morgan fingerprint density at radius 1 is 1.14 bits per heavy atom. The van der Waals surface area contributed by atoms with E-state index in [2.05, 4.69) is 60.8 Å². The molecule has 0 radical (unpaired) electrons. The average molecular weight is 285 g/mol. The first-order valence-electron chi connectivity index (χ1n) is 8.10. The van der Waals surface area contributed by atoms with Crippen LogP contribution in [0.1, 0.15) is 37.8 Å². The van der Waals surface area contributed by atoms with Crippen LogP contribution in [0.5, 0.6) is 0 Å². The van der Waals surface area contributed by atoms with Crippen LogP contribution in [0.2, 0.25) is 0 Å². The first-order chi connectivity index (χ1) is 10.3. The molecule has 21 heavy (non-hydrogen) atoms. The second-order valence-corrected chi connectivity index (χ2v) is 5.58. The minimum absolute atomic E-state index is 0.527. The summed E-state index contributed by atoms with van der Waals surface area (Å²) in [6, 6.07) is 11.3. The lowest BCUT2D eigenvalue weighted by atomic mass is 10.0. The largest absolute Gasteiger partial charge is 0.314 e. The zero-order valence-corrected chi connectivity index (χ0v) is 13.3. The predicted octanol–water partition coefficient (Wildman–Crippen LogP) is 3.45. The summed E-state index contributed by atoms with van der Waals surface area (Å²) in [5.41, 5.74) is 2.75. The standard InChI is InChI=1S/C18H27N3/c1-3-12-19-18(11-10-16-8-6-5-7-9-16)13-17-14-20-21(4-2)15-17/h5-9,14-15,18-19H,3-4,10-13H2,1-2H3. The van der Waals surface area contributed by atoms with E-state index in [0.717, 1.165) is 25.9 Å². The van der Waals surface area contributed by atoms with Gasteiger partial charge in [0.05, 0.1) is 6.20 Å². The Morgan fingerprint density at radius 3 is 2.62 bits per heavy atom. The molecule has 1 aromatic carbocycles. The molecule has 2 rings (SSSR count). The average Bonchev–Trinajstić information content (AvgIpc) is 2.98. The fraction of sp³-hybridized carbons (Fsp3) is 0.500. The molecule has 1 aromatic heterocycles. The van der Waals surface area contributed by atoms with Gasteiger partial charge in [0.15, 0.2) is 0 Å². The third kappa shape index (κ3) is 5.35. The molecule has 0 spiro atoms. The molecule has 1 N–H and O–H groups in total. The number of aromatic nitrogens is 2. The Hall–Kier alpha value is -1.61. The van der Waals surface area contributed by atoms with Crippen LogP contribution in [-0.2, 0) is 19.4 Å². The third-order valence-electron chi connectivity index (χ3n) is 3.80. The van der Waals surface area contributed by atoms with E-state index in [1.54, 1.807) is 0 Å². The van der Waals surface area contributed by atoms with Gasteiger partial charge in [-0.15, -0.1) is 0 Å². The van der Waals surface area contributed by atoms with Gasteiger partial charge < -0.3 is 5.32 Å². The van der Waals surface area contributed by atoms with E-state index in [-0.39, 0.29) is 0 Å². The van der Waals surface area contributed by atoms with Crippen molar-refractivity contribution >= 4 is 0 Å². The van der Waals surface area contributed by atoms with Crippen LogP contribution in [0.3, 0.4) is 0 Å². The molecule has 1 atom stereocenters. The number of benzene rings is 1. The van der Waals surface area contributed by atoms with Crippen LogP contribution < -0.4 is 5.32 Å². The third-order valence-corrected chi connectivity index (χ3v) is 3.80. The van der Waals surface area contributed by atoms with Crippen molar-refractivity contribution in [3.05, 3.63) is 53.9 Å². The van der Waals surface area contributed by atoms with Crippen molar-refractivity contribution < 1.29 is 0 Å². The van der Waals surface area contributed by atoms with Crippen LogP contribution in [0.4, 0.5) is 0 Å². The van der Waals surface area contributed by atoms with E-state index < -0.39 is 0 Å². The van der Waals surface area contributed by atoms with Crippen molar-refractivity contribution in [1.29, 1.82) is 0 Å². The molecule has 0 aliphatic carbocycles. The van der Waals surface area contributed by atoms with Gasteiger partial charge in [0.25, 0.3) is 0 Å². The molecular weight excluding hydrogens is 258 g/mol. The fourth-order valence-electron chi connectivity index (χ4n) is 2.58. The number of aryl methyl sites for hydroxylation is 2. The number of hydrogen-bond acceptors (Lipinski definition) is 2. The first kappa shape index (κ1) is 15.8. The zero-order chi connectivity index (χ0) is 14.9. The Balaban J connectivity index is 1.90. The summed E-state index contributed by atoms with van der Waals surface area (Å²) >= 11 is 0. The number of nitrogens with zero attached hydrogens (tertiary/aromatic N) is 2. The van der Waals surface area contributed by atoms with Gasteiger partial charge in [0.2, 0.25) is 0 Å². The SMILES string of the molecule is CCCNC(CCc1ccccc1)Cc1cnn(CC)c1. The maximum Gasteiger partial charge on any atom is 0.0522 e. The predicted molar refractivity (Wildman–Crippen MR) is 88.4 cm³/mol. The van der Waals surface area contributed by atoms with Gasteiger partial charge in [-0.05, 0) is 50.3 Å². The van der Waals surface area contributed by atoms with Crippen molar-refractivity contribution in [2.24, 2.45) is 0 Å². The van der Waals surface area contributed by atoms with Crippen molar-refractivity contribution in [3.8, 4) is 0 Å². The second-order valence-electron chi connectivity index (χ2n) is 5.58. The minimum Gasteiger partial charge on any atom is -0.314 e. The maximum absolute atomic E-state index is 4.38. The van der Waals surface area contributed by atoms with Crippen molar-refractivity contribution in [1.82, 2.24) is 15.1 Å².